The minimum Gasteiger partial charge on any atom is -0.756 e. The molecule has 0 rings (SSSR count). The first kappa shape index (κ1) is 75.2. The number of hydrogen-bond donors (Lipinski definition) is 1. The van der Waals surface area contributed by atoms with E-state index in [2.05, 4.69) is 50.4 Å². The highest BCUT2D eigenvalue weighted by atomic mass is 31.2. The molecule has 1 N–H and O–H groups in total. The molecule has 9 nitrogen and oxygen atoms in total. The van der Waals surface area contributed by atoms with Crippen LogP contribution in [0.2, 0.25) is 0 Å². The normalized spacial score (nSPS) is 13.8. The maximum Gasteiger partial charge on any atom is 0.306 e. The summed E-state index contributed by atoms with van der Waals surface area (Å²) in [6, 6.07) is -0.889. The van der Waals surface area contributed by atoms with Crippen molar-refractivity contribution in [2.75, 3.05) is 40.9 Å². The number of unbranched alkanes of at least 4 members (excludes halogenated alkanes) is 41. The average molecular weight is 1110 g/mol. The lowest BCUT2D eigenvalue weighted by Crippen LogP contribution is -2.47. The van der Waals surface area contributed by atoms with Crippen LogP contribution in [0, 0.1) is 0 Å². The molecule has 0 radical (unpaired) electrons. The number of esters is 1. The molecule has 77 heavy (non-hydrogen) atoms. The molecule has 0 bridgehead atoms. The summed E-state index contributed by atoms with van der Waals surface area (Å²) >= 11 is 0. The van der Waals surface area contributed by atoms with Crippen molar-refractivity contribution < 1.29 is 37.3 Å². The number of quaternary nitrogens is 1. The van der Waals surface area contributed by atoms with Crippen molar-refractivity contribution in [2.24, 2.45) is 0 Å². The number of likely N-dealkylation sites (N-methyl/N-ethyl adjacent to an activating group) is 1. The molecule has 0 saturated heterocycles. The van der Waals surface area contributed by atoms with Gasteiger partial charge in [-0.05, 0) is 63.9 Å². The summed E-state index contributed by atoms with van der Waals surface area (Å²) in [5.41, 5.74) is 0. The number of amides is 1. The van der Waals surface area contributed by atoms with E-state index in [0.29, 0.717) is 17.4 Å². The van der Waals surface area contributed by atoms with Crippen molar-refractivity contribution >= 4 is 19.7 Å². The van der Waals surface area contributed by atoms with Gasteiger partial charge in [0, 0.05) is 12.8 Å². The van der Waals surface area contributed by atoms with Crippen LogP contribution in [-0.2, 0) is 27.9 Å². The zero-order valence-corrected chi connectivity index (χ0v) is 52.8. The lowest BCUT2D eigenvalue weighted by Gasteiger charge is -2.30. The molecular weight excluding hydrogens is 976 g/mol. The summed E-state index contributed by atoms with van der Waals surface area (Å²) in [5, 5.41) is 3.03. The summed E-state index contributed by atoms with van der Waals surface area (Å²) in [4.78, 5) is 40.0. The van der Waals surface area contributed by atoms with Crippen LogP contribution >= 0.6 is 7.82 Å². The number of phosphoric ester groups is 1. The van der Waals surface area contributed by atoms with Crippen molar-refractivity contribution in [3.05, 3.63) is 36.5 Å². The zero-order chi connectivity index (χ0) is 56.4. The van der Waals surface area contributed by atoms with E-state index in [4.69, 9.17) is 13.8 Å². The summed E-state index contributed by atoms with van der Waals surface area (Å²) in [6.45, 7) is 6.85. The Balaban J connectivity index is 5.07. The Morgan fingerprint density at radius 3 is 1.19 bits per heavy atom. The van der Waals surface area contributed by atoms with E-state index >= 15 is 0 Å². The third-order valence-corrected chi connectivity index (χ3v) is 16.0. The van der Waals surface area contributed by atoms with Crippen molar-refractivity contribution in [2.45, 2.75) is 341 Å². The summed E-state index contributed by atoms with van der Waals surface area (Å²) < 4.78 is 30.4. The van der Waals surface area contributed by atoms with Crippen LogP contribution in [0.5, 0.6) is 0 Å². The average Bonchev–Trinajstić information content (AvgIpc) is 3.39. The molecule has 3 atom stereocenters. The first-order valence-electron chi connectivity index (χ1n) is 33.3. The van der Waals surface area contributed by atoms with Crippen molar-refractivity contribution in [3.63, 3.8) is 0 Å². The highest BCUT2D eigenvalue weighted by molar-refractivity contribution is 7.45. The second kappa shape index (κ2) is 57.5. The van der Waals surface area contributed by atoms with Gasteiger partial charge in [-0.25, -0.2) is 0 Å². The van der Waals surface area contributed by atoms with Crippen LogP contribution in [0.3, 0.4) is 0 Å². The number of nitrogens with zero attached hydrogens (tertiary/aromatic N) is 1. The second-order valence-electron chi connectivity index (χ2n) is 24.0. The van der Waals surface area contributed by atoms with Gasteiger partial charge in [-0.3, -0.25) is 14.2 Å². The molecule has 0 aromatic carbocycles. The Kier molecular flexibility index (Phi) is 56.1. The number of allylic oxidation sites excluding steroid dienone is 5. The molecule has 0 aliphatic heterocycles. The lowest BCUT2D eigenvalue weighted by atomic mass is 10.0. The topological polar surface area (TPSA) is 114 Å². The van der Waals surface area contributed by atoms with E-state index in [1.54, 1.807) is 0 Å². The van der Waals surface area contributed by atoms with Crippen LogP contribution < -0.4 is 10.2 Å². The van der Waals surface area contributed by atoms with Crippen LogP contribution in [0.4, 0.5) is 0 Å². The first-order chi connectivity index (χ1) is 37.4. The van der Waals surface area contributed by atoms with Gasteiger partial charge in [0.2, 0.25) is 5.91 Å². The number of hydrogen-bond acceptors (Lipinski definition) is 7. The monoisotopic (exact) mass is 1100 g/mol. The van der Waals surface area contributed by atoms with Crippen molar-refractivity contribution in [1.82, 2.24) is 5.32 Å². The second-order valence-corrected chi connectivity index (χ2v) is 25.4. The van der Waals surface area contributed by atoms with Gasteiger partial charge in [0.1, 0.15) is 19.3 Å². The SMILES string of the molecule is CCCCC/C=C\C/C=C\CCCCCCCCCC(=O)NC(COP(=O)([O-])OCC[N+](C)(C)C)C(/C=C\CCCCCCCCCCC)OC(=O)CCCCCCCCCCCCCCCCCCCCCCCCC. The Morgan fingerprint density at radius 1 is 0.455 bits per heavy atom. The molecule has 0 aliphatic rings. The summed E-state index contributed by atoms with van der Waals surface area (Å²) in [7, 11) is 1.19. The van der Waals surface area contributed by atoms with Gasteiger partial charge in [-0.1, -0.05) is 289 Å². The van der Waals surface area contributed by atoms with E-state index in [-0.39, 0.29) is 31.5 Å². The number of rotatable bonds is 61. The minimum absolute atomic E-state index is 0.0217. The van der Waals surface area contributed by atoms with Crippen LogP contribution in [0.1, 0.15) is 329 Å². The smallest absolute Gasteiger partial charge is 0.306 e. The molecule has 454 valence electrons. The Morgan fingerprint density at radius 2 is 0.792 bits per heavy atom. The van der Waals surface area contributed by atoms with Gasteiger partial charge in [0.25, 0.3) is 7.82 Å². The van der Waals surface area contributed by atoms with E-state index in [9.17, 15) is 19.0 Å². The van der Waals surface area contributed by atoms with Gasteiger partial charge in [0.05, 0.1) is 33.8 Å². The molecule has 0 aromatic heterocycles. The third kappa shape index (κ3) is 58.7. The predicted molar refractivity (Wildman–Crippen MR) is 330 cm³/mol. The van der Waals surface area contributed by atoms with E-state index in [1.807, 2.05) is 33.3 Å². The van der Waals surface area contributed by atoms with Crippen LogP contribution in [0.15, 0.2) is 36.5 Å². The fraction of sp³-hybridized carbons (Fsp3) is 0.881. The Labute approximate surface area is 478 Å². The molecule has 10 heteroatoms. The Bertz CT molecular complexity index is 1410. The highest BCUT2D eigenvalue weighted by Gasteiger charge is 2.27. The highest BCUT2D eigenvalue weighted by Crippen LogP contribution is 2.38. The lowest BCUT2D eigenvalue weighted by molar-refractivity contribution is -0.870. The molecular formula is C67H129N2O7P. The first-order valence-corrected chi connectivity index (χ1v) is 34.8. The molecule has 0 aromatic rings. The molecule has 1 amide bonds. The Hall–Kier alpha value is -1.77. The van der Waals surface area contributed by atoms with Gasteiger partial charge >= 0.3 is 5.97 Å². The van der Waals surface area contributed by atoms with Crippen molar-refractivity contribution in [1.29, 1.82) is 0 Å². The summed E-state index contributed by atoms with van der Waals surface area (Å²) in [5.74, 6) is -0.535. The zero-order valence-electron chi connectivity index (χ0n) is 51.9. The fourth-order valence-corrected chi connectivity index (χ4v) is 10.6. The minimum atomic E-state index is -4.70. The van der Waals surface area contributed by atoms with Gasteiger partial charge < -0.3 is 28.5 Å². The van der Waals surface area contributed by atoms with Crippen LogP contribution in [0.25, 0.3) is 0 Å². The van der Waals surface area contributed by atoms with E-state index in [1.165, 1.54) is 218 Å². The molecule has 0 saturated carbocycles. The molecule has 0 fully saturated rings. The standard InChI is InChI=1S/C67H129N2O7P/c1-7-10-13-16-19-22-25-27-29-31-32-33-34-35-36-38-40-42-45-48-51-54-57-60-67(71)76-65(58-55-52-49-46-43-24-21-18-15-12-9-3)64(63-75-77(72,73)74-62-61-69(4,5)6)68-66(70)59-56-53-50-47-44-41-39-37-30-28-26-23-20-17-14-11-8-2/h20,23,28,30,55,58,64-65H,7-19,21-22,24-27,29,31-54,56-57,59-63H2,1-6H3,(H-,68,70,72,73)/b23-20-,30-28-,58-55-. The van der Waals surface area contributed by atoms with Gasteiger partial charge in [-0.2, -0.15) is 0 Å². The van der Waals surface area contributed by atoms with Gasteiger partial charge in [-0.15, -0.1) is 0 Å². The third-order valence-electron chi connectivity index (χ3n) is 15.1. The maximum absolute atomic E-state index is 13.5. The number of nitrogens with one attached hydrogen (secondary N) is 1. The van der Waals surface area contributed by atoms with Crippen molar-refractivity contribution in [3.8, 4) is 0 Å². The number of ether oxygens (including phenoxy) is 1. The summed E-state index contributed by atoms with van der Waals surface area (Å²) in [6.07, 6.45) is 69.8. The molecule has 0 aliphatic carbocycles. The fourth-order valence-electron chi connectivity index (χ4n) is 9.91. The molecule has 0 heterocycles. The predicted octanol–water partition coefficient (Wildman–Crippen LogP) is 20.0. The maximum atomic E-state index is 13.5. The number of carbonyl (C=O) groups excluding carboxylic acids is 2. The van der Waals surface area contributed by atoms with E-state index < -0.39 is 20.0 Å². The quantitative estimate of drug-likeness (QED) is 0.0212. The number of carbonyl (C=O) groups is 2. The van der Waals surface area contributed by atoms with Crippen LogP contribution in [-0.4, -0.2) is 69.4 Å². The van der Waals surface area contributed by atoms with E-state index in [0.717, 1.165) is 77.0 Å². The van der Waals surface area contributed by atoms with Gasteiger partial charge in [0.15, 0.2) is 0 Å². The molecule has 0 spiro atoms. The molecule has 3 unspecified atom stereocenters. The number of phosphoric acid groups is 1. The largest absolute Gasteiger partial charge is 0.756 e.